The van der Waals surface area contributed by atoms with Gasteiger partial charge in [0.25, 0.3) is 5.56 Å². The van der Waals surface area contributed by atoms with Crippen molar-refractivity contribution in [2.24, 2.45) is 0 Å². The molecule has 0 saturated carbocycles. The Labute approximate surface area is 197 Å². The molecule has 0 aliphatic heterocycles. The Morgan fingerprint density at radius 1 is 1.06 bits per heavy atom. The molecule has 9 heteroatoms. The maximum Gasteiger partial charge on any atom is 0.330 e. The average Bonchev–Trinajstić information content (AvgIpc) is 2.82. The SMILES string of the molecule is CCN(CC(=O)N(C)Cc1ccc(SC)cc1)c1c(N)n(Cc2ccccc2)c(=O)[nH]c1=O. The number of rotatable bonds is 9. The fraction of sp³-hybridized carbons (Fsp3) is 0.292. The number of hydrogen-bond acceptors (Lipinski definition) is 6. The highest BCUT2D eigenvalue weighted by Gasteiger charge is 2.21. The van der Waals surface area contributed by atoms with Gasteiger partial charge in [-0.2, -0.15) is 0 Å². The third-order valence-electron chi connectivity index (χ3n) is 5.43. The lowest BCUT2D eigenvalue weighted by atomic mass is 10.2. The zero-order valence-electron chi connectivity index (χ0n) is 19.1. The Bertz CT molecular complexity index is 1210. The van der Waals surface area contributed by atoms with E-state index in [0.717, 1.165) is 16.0 Å². The van der Waals surface area contributed by atoms with Crippen molar-refractivity contribution in [3.63, 3.8) is 0 Å². The number of carbonyl (C=O) groups excluding carboxylic acids is 1. The lowest BCUT2D eigenvalue weighted by Crippen LogP contribution is -2.43. The van der Waals surface area contributed by atoms with Crippen LogP contribution in [-0.4, -0.2) is 46.8 Å². The van der Waals surface area contributed by atoms with Crippen molar-refractivity contribution in [2.75, 3.05) is 37.0 Å². The smallest absolute Gasteiger partial charge is 0.330 e. The Hall–Kier alpha value is -3.46. The van der Waals surface area contributed by atoms with Crippen LogP contribution in [0.2, 0.25) is 0 Å². The van der Waals surface area contributed by atoms with Crippen LogP contribution in [0.25, 0.3) is 0 Å². The molecule has 174 valence electrons. The van der Waals surface area contributed by atoms with Crippen molar-refractivity contribution in [3.8, 4) is 0 Å². The number of hydrogen-bond donors (Lipinski definition) is 2. The number of aromatic amines is 1. The number of nitrogens with one attached hydrogen (secondary N) is 1. The largest absolute Gasteiger partial charge is 0.383 e. The van der Waals surface area contributed by atoms with Gasteiger partial charge in [0.05, 0.1) is 13.1 Å². The molecular weight excluding hydrogens is 438 g/mol. The number of amides is 1. The summed E-state index contributed by atoms with van der Waals surface area (Å²) in [5, 5.41) is 0. The van der Waals surface area contributed by atoms with Gasteiger partial charge in [-0.3, -0.25) is 19.1 Å². The minimum absolute atomic E-state index is 0.0350. The zero-order chi connectivity index (χ0) is 24.0. The third-order valence-corrected chi connectivity index (χ3v) is 6.17. The summed E-state index contributed by atoms with van der Waals surface area (Å²) in [5.41, 5.74) is 7.11. The van der Waals surface area contributed by atoms with Crippen molar-refractivity contribution < 1.29 is 4.79 Å². The summed E-state index contributed by atoms with van der Waals surface area (Å²) in [7, 11) is 1.72. The molecule has 2 aromatic carbocycles. The van der Waals surface area contributed by atoms with Crippen LogP contribution in [0.3, 0.4) is 0 Å². The number of thioether (sulfide) groups is 1. The lowest BCUT2D eigenvalue weighted by Gasteiger charge is -2.27. The number of nitrogens with two attached hydrogens (primary N) is 1. The summed E-state index contributed by atoms with van der Waals surface area (Å²) in [6.07, 6.45) is 2.01. The minimum atomic E-state index is -0.605. The highest BCUT2D eigenvalue weighted by atomic mass is 32.2. The molecule has 0 radical (unpaired) electrons. The number of likely N-dealkylation sites (N-methyl/N-ethyl adjacent to an activating group) is 2. The normalized spacial score (nSPS) is 10.8. The number of nitrogen functional groups attached to an aromatic ring is 1. The molecule has 1 heterocycles. The van der Waals surface area contributed by atoms with E-state index in [4.69, 9.17) is 5.73 Å². The molecule has 8 nitrogen and oxygen atoms in total. The molecule has 3 rings (SSSR count). The van der Waals surface area contributed by atoms with Gasteiger partial charge < -0.3 is 15.5 Å². The van der Waals surface area contributed by atoms with Crippen molar-refractivity contribution in [2.45, 2.75) is 24.9 Å². The molecule has 33 heavy (non-hydrogen) atoms. The summed E-state index contributed by atoms with van der Waals surface area (Å²) in [6, 6.07) is 17.4. The van der Waals surface area contributed by atoms with E-state index in [1.54, 1.807) is 28.6 Å². The van der Waals surface area contributed by atoms with E-state index in [1.807, 2.05) is 67.8 Å². The van der Waals surface area contributed by atoms with Gasteiger partial charge in [-0.1, -0.05) is 42.5 Å². The Kier molecular flexibility index (Phi) is 8.00. The van der Waals surface area contributed by atoms with Crippen molar-refractivity contribution in [1.82, 2.24) is 14.5 Å². The minimum Gasteiger partial charge on any atom is -0.383 e. The van der Waals surface area contributed by atoms with Gasteiger partial charge in [0.1, 0.15) is 11.5 Å². The second kappa shape index (κ2) is 10.9. The molecule has 1 amide bonds. The molecule has 0 unspecified atom stereocenters. The number of anilines is 2. The van der Waals surface area contributed by atoms with E-state index in [-0.39, 0.29) is 30.5 Å². The van der Waals surface area contributed by atoms with E-state index < -0.39 is 11.2 Å². The molecular formula is C24H29N5O3S. The lowest BCUT2D eigenvalue weighted by molar-refractivity contribution is -0.128. The summed E-state index contributed by atoms with van der Waals surface area (Å²) < 4.78 is 1.32. The molecule has 0 saturated heterocycles. The van der Waals surface area contributed by atoms with E-state index in [1.165, 1.54) is 4.57 Å². The Morgan fingerprint density at radius 2 is 1.73 bits per heavy atom. The second-order valence-electron chi connectivity index (χ2n) is 7.68. The molecule has 3 aromatic rings. The van der Waals surface area contributed by atoms with Crippen LogP contribution in [0.5, 0.6) is 0 Å². The first-order chi connectivity index (χ1) is 15.8. The first-order valence-electron chi connectivity index (χ1n) is 10.6. The van der Waals surface area contributed by atoms with Crippen molar-refractivity contribution >= 4 is 29.2 Å². The number of nitrogens with zero attached hydrogens (tertiary/aromatic N) is 3. The molecule has 3 N–H and O–H groups in total. The maximum atomic E-state index is 12.9. The van der Waals surface area contributed by atoms with E-state index in [2.05, 4.69) is 4.98 Å². The fourth-order valence-corrected chi connectivity index (χ4v) is 3.94. The quantitative estimate of drug-likeness (QED) is 0.468. The monoisotopic (exact) mass is 467 g/mol. The van der Waals surface area contributed by atoms with Crippen LogP contribution in [0.1, 0.15) is 18.1 Å². The van der Waals surface area contributed by atoms with Crippen LogP contribution < -0.4 is 21.9 Å². The molecule has 0 aliphatic rings. The number of aromatic nitrogens is 2. The second-order valence-corrected chi connectivity index (χ2v) is 8.56. The fourth-order valence-electron chi connectivity index (χ4n) is 3.53. The molecule has 0 spiro atoms. The Balaban J connectivity index is 1.81. The topological polar surface area (TPSA) is 104 Å². The number of benzene rings is 2. The van der Waals surface area contributed by atoms with Gasteiger partial charge in [0.2, 0.25) is 5.91 Å². The Morgan fingerprint density at radius 3 is 2.33 bits per heavy atom. The van der Waals surface area contributed by atoms with Crippen LogP contribution in [0, 0.1) is 0 Å². The number of H-pyrrole nitrogens is 1. The molecule has 1 aromatic heterocycles. The average molecular weight is 468 g/mol. The molecule has 0 aliphatic carbocycles. The summed E-state index contributed by atoms with van der Waals surface area (Å²) in [4.78, 5) is 44.7. The number of carbonyl (C=O) groups is 1. The van der Waals surface area contributed by atoms with Crippen LogP contribution >= 0.6 is 11.8 Å². The van der Waals surface area contributed by atoms with Gasteiger partial charge in [0, 0.05) is 25.0 Å². The van der Waals surface area contributed by atoms with Crippen molar-refractivity contribution in [1.29, 1.82) is 0 Å². The van der Waals surface area contributed by atoms with Crippen LogP contribution in [0.15, 0.2) is 69.1 Å². The molecule has 0 bridgehead atoms. The van der Waals surface area contributed by atoms with Gasteiger partial charge in [-0.05, 0) is 36.4 Å². The summed E-state index contributed by atoms with van der Waals surface area (Å²) >= 11 is 1.66. The van der Waals surface area contributed by atoms with Gasteiger partial charge in [-0.25, -0.2) is 4.79 Å². The molecule has 0 atom stereocenters. The van der Waals surface area contributed by atoms with Crippen LogP contribution in [0.4, 0.5) is 11.5 Å². The molecule has 0 fully saturated rings. The van der Waals surface area contributed by atoms with Gasteiger partial charge >= 0.3 is 5.69 Å². The van der Waals surface area contributed by atoms with Crippen LogP contribution in [-0.2, 0) is 17.9 Å². The van der Waals surface area contributed by atoms with Gasteiger partial charge in [-0.15, -0.1) is 11.8 Å². The van der Waals surface area contributed by atoms with E-state index >= 15 is 0 Å². The van der Waals surface area contributed by atoms with E-state index in [0.29, 0.717) is 13.1 Å². The van der Waals surface area contributed by atoms with Crippen molar-refractivity contribution in [3.05, 3.63) is 86.6 Å². The zero-order valence-corrected chi connectivity index (χ0v) is 19.9. The van der Waals surface area contributed by atoms with E-state index in [9.17, 15) is 14.4 Å². The highest BCUT2D eigenvalue weighted by Crippen LogP contribution is 2.19. The summed E-state index contributed by atoms with van der Waals surface area (Å²) in [6.45, 7) is 2.84. The maximum absolute atomic E-state index is 12.9. The first-order valence-corrected chi connectivity index (χ1v) is 11.8. The van der Waals surface area contributed by atoms with Gasteiger partial charge in [0.15, 0.2) is 0 Å². The summed E-state index contributed by atoms with van der Waals surface area (Å²) in [5.74, 6) is -0.122. The highest BCUT2D eigenvalue weighted by molar-refractivity contribution is 7.98. The standard InChI is InChI=1S/C24H29N5O3S/c1-4-28(16-20(30)27(2)14-18-10-12-19(33-3)13-11-18)21-22(25)29(24(32)26-23(21)31)15-17-8-6-5-7-9-17/h5-13H,4,14-16,25H2,1-3H3,(H,26,31,32). The predicted octanol–water partition coefficient (Wildman–Crippen LogP) is 2.37. The third kappa shape index (κ3) is 5.87. The predicted molar refractivity (Wildman–Crippen MR) is 134 cm³/mol. The first kappa shape index (κ1) is 24.2.